The highest BCUT2D eigenvalue weighted by molar-refractivity contribution is 8.00. The van der Waals surface area contributed by atoms with Crippen LogP contribution in [0, 0.1) is 0 Å². The highest BCUT2D eigenvalue weighted by Gasteiger charge is 2.16. The number of carbonyl (C=O) groups is 2. The first-order valence-corrected chi connectivity index (χ1v) is 11.9. The van der Waals surface area contributed by atoms with Gasteiger partial charge in [-0.25, -0.2) is 15.6 Å². The average Bonchev–Trinajstić information content (AvgIpc) is 3.28. The number of rotatable bonds is 8. The maximum absolute atomic E-state index is 12.9. The zero-order valence-electron chi connectivity index (χ0n) is 18.2. The summed E-state index contributed by atoms with van der Waals surface area (Å²) >= 11 is 3.40. The van der Waals surface area contributed by atoms with E-state index in [0.29, 0.717) is 30.1 Å². The molecular weight excluding hydrogens is 444 g/mol. The number of benzene rings is 2. The molecule has 32 heavy (non-hydrogen) atoms. The maximum atomic E-state index is 12.9. The summed E-state index contributed by atoms with van der Waals surface area (Å²) in [6, 6.07) is 18.2. The van der Waals surface area contributed by atoms with E-state index >= 15 is 0 Å². The first-order valence-electron chi connectivity index (χ1n) is 9.89. The van der Waals surface area contributed by atoms with Gasteiger partial charge in [0.05, 0.1) is 9.90 Å². The number of nitrogens with zero attached hydrogens (tertiary/aromatic N) is 2. The van der Waals surface area contributed by atoms with Gasteiger partial charge in [0, 0.05) is 22.7 Å². The Bertz CT molecular complexity index is 1070. The number of thioether (sulfide) groups is 1. The van der Waals surface area contributed by atoms with E-state index in [2.05, 4.69) is 17.4 Å². The molecule has 3 aromatic rings. The summed E-state index contributed by atoms with van der Waals surface area (Å²) in [6.07, 6.45) is 1.50. The first kappa shape index (κ1) is 23.8. The van der Waals surface area contributed by atoms with Crippen molar-refractivity contribution in [1.29, 1.82) is 0 Å². The van der Waals surface area contributed by atoms with E-state index in [9.17, 15) is 9.59 Å². The zero-order valence-corrected chi connectivity index (χ0v) is 19.8. The molecule has 0 saturated carbocycles. The zero-order chi connectivity index (χ0) is 23.1. The Morgan fingerprint density at radius 1 is 1.09 bits per heavy atom. The Morgan fingerprint density at radius 2 is 1.84 bits per heavy atom. The van der Waals surface area contributed by atoms with Gasteiger partial charge in [0.2, 0.25) is 0 Å². The number of ether oxygens (including phenoxy) is 1. The Morgan fingerprint density at radius 3 is 2.50 bits per heavy atom. The summed E-state index contributed by atoms with van der Waals surface area (Å²) < 4.78 is 6.32. The van der Waals surface area contributed by atoms with Gasteiger partial charge in [0.15, 0.2) is 0 Å². The van der Waals surface area contributed by atoms with E-state index in [1.807, 2.05) is 43.5 Å². The monoisotopic (exact) mass is 470 g/mol. The molecule has 0 aliphatic rings. The molecule has 9 heteroatoms. The minimum Gasteiger partial charge on any atom is -0.448 e. The lowest BCUT2D eigenvalue weighted by molar-refractivity contribution is 0.0987. The molecule has 1 heterocycles. The minimum absolute atomic E-state index is 0.292. The number of anilines is 2. The SMILES string of the molecule is CSc1ccc(-c2cccc(N(N)C(=O)c3ccc(NC(=O)OCCN(C)C)cc3)c2)s1. The number of thiophene rings is 1. The van der Waals surface area contributed by atoms with Crippen LogP contribution in [0.3, 0.4) is 0 Å². The number of hydrazine groups is 1. The Labute approximate surface area is 196 Å². The molecule has 2 amide bonds. The molecule has 0 bridgehead atoms. The fourth-order valence-electron chi connectivity index (χ4n) is 2.82. The highest BCUT2D eigenvalue weighted by atomic mass is 32.2. The van der Waals surface area contributed by atoms with E-state index in [-0.39, 0.29) is 5.91 Å². The number of amides is 2. The Kier molecular flexibility index (Phi) is 8.29. The van der Waals surface area contributed by atoms with Gasteiger partial charge in [-0.15, -0.1) is 23.1 Å². The predicted octanol–water partition coefficient (Wildman–Crippen LogP) is 4.77. The standard InChI is InChI=1S/C23H26N4O3S2/c1-26(2)13-14-30-23(29)25-18-9-7-16(8-10-18)22(28)27(24)19-6-4-5-17(15-19)20-11-12-21(31-3)32-20/h4-12,15H,13-14,24H2,1-3H3,(H,25,29). The summed E-state index contributed by atoms with van der Waals surface area (Å²) in [4.78, 5) is 27.7. The number of nitrogens with one attached hydrogen (secondary N) is 1. The van der Waals surface area contributed by atoms with Crippen LogP contribution in [-0.2, 0) is 4.74 Å². The van der Waals surface area contributed by atoms with Gasteiger partial charge < -0.3 is 9.64 Å². The lowest BCUT2D eigenvalue weighted by Gasteiger charge is -2.18. The molecule has 2 aromatic carbocycles. The van der Waals surface area contributed by atoms with Gasteiger partial charge in [0.1, 0.15) is 6.61 Å². The van der Waals surface area contributed by atoms with E-state index in [1.165, 1.54) is 4.21 Å². The molecule has 1 aromatic heterocycles. The lowest BCUT2D eigenvalue weighted by Crippen LogP contribution is -2.37. The molecule has 168 valence electrons. The van der Waals surface area contributed by atoms with Gasteiger partial charge in [-0.1, -0.05) is 12.1 Å². The molecule has 3 rings (SSSR count). The molecule has 0 atom stereocenters. The molecule has 0 unspecified atom stereocenters. The van der Waals surface area contributed by atoms with Crippen LogP contribution in [0.1, 0.15) is 10.4 Å². The molecule has 0 spiro atoms. The number of likely N-dealkylation sites (N-methyl/N-ethyl adjacent to an activating group) is 1. The number of nitrogens with two attached hydrogens (primary N) is 1. The van der Waals surface area contributed by atoms with Gasteiger partial charge in [0.25, 0.3) is 5.91 Å². The molecule has 0 aliphatic carbocycles. The molecule has 3 N–H and O–H groups in total. The third-order valence-electron chi connectivity index (χ3n) is 4.56. The van der Waals surface area contributed by atoms with E-state index < -0.39 is 6.09 Å². The van der Waals surface area contributed by atoms with Gasteiger partial charge in [-0.05, 0) is 74.4 Å². The van der Waals surface area contributed by atoms with Crippen LogP contribution < -0.4 is 16.2 Å². The van der Waals surface area contributed by atoms with Crippen molar-refractivity contribution in [3.05, 3.63) is 66.2 Å². The van der Waals surface area contributed by atoms with Gasteiger partial charge >= 0.3 is 6.09 Å². The molecular formula is C23H26N4O3S2. The third-order valence-corrected chi connectivity index (χ3v) is 6.78. The van der Waals surface area contributed by atoms with Crippen molar-refractivity contribution in [2.24, 2.45) is 5.84 Å². The van der Waals surface area contributed by atoms with Gasteiger partial charge in [-0.2, -0.15) is 0 Å². The van der Waals surface area contributed by atoms with E-state index in [0.717, 1.165) is 15.4 Å². The largest absolute Gasteiger partial charge is 0.448 e. The van der Waals surface area contributed by atoms with Crippen molar-refractivity contribution in [3.8, 4) is 10.4 Å². The second-order valence-corrected chi connectivity index (χ2v) is 9.38. The Balaban J connectivity index is 1.64. The quantitative estimate of drug-likeness (QED) is 0.213. The van der Waals surface area contributed by atoms with Crippen molar-refractivity contribution >= 4 is 46.5 Å². The molecule has 0 aliphatic heterocycles. The van der Waals surface area contributed by atoms with Crippen LogP contribution >= 0.6 is 23.1 Å². The predicted molar refractivity (Wildman–Crippen MR) is 132 cm³/mol. The van der Waals surface area contributed by atoms with Crippen molar-refractivity contribution in [2.45, 2.75) is 4.21 Å². The fraction of sp³-hybridized carbons (Fsp3) is 0.217. The van der Waals surface area contributed by atoms with Crippen LogP contribution in [0.15, 0.2) is 64.9 Å². The summed E-state index contributed by atoms with van der Waals surface area (Å²) in [5.41, 5.74) is 2.54. The molecule has 7 nitrogen and oxygen atoms in total. The van der Waals surface area contributed by atoms with Crippen LogP contribution in [-0.4, -0.2) is 50.4 Å². The highest BCUT2D eigenvalue weighted by Crippen LogP contribution is 2.34. The summed E-state index contributed by atoms with van der Waals surface area (Å²) in [6.45, 7) is 0.931. The van der Waals surface area contributed by atoms with Crippen molar-refractivity contribution in [2.75, 3.05) is 43.8 Å². The van der Waals surface area contributed by atoms with Crippen molar-refractivity contribution in [1.82, 2.24) is 4.90 Å². The fourth-order valence-corrected chi connectivity index (χ4v) is 4.36. The molecule has 0 fully saturated rings. The first-order chi connectivity index (χ1) is 15.4. The Hall–Kier alpha value is -2.85. The topological polar surface area (TPSA) is 87.9 Å². The number of hydrogen-bond donors (Lipinski definition) is 2. The lowest BCUT2D eigenvalue weighted by atomic mass is 10.1. The van der Waals surface area contributed by atoms with Gasteiger partial charge in [-0.3, -0.25) is 10.1 Å². The summed E-state index contributed by atoms with van der Waals surface area (Å²) in [5.74, 6) is 5.79. The minimum atomic E-state index is -0.540. The third kappa shape index (κ3) is 6.33. The van der Waals surface area contributed by atoms with E-state index in [4.69, 9.17) is 10.6 Å². The number of carbonyl (C=O) groups excluding carboxylic acids is 2. The maximum Gasteiger partial charge on any atom is 0.411 e. The second kappa shape index (κ2) is 11.1. The van der Waals surface area contributed by atoms with Crippen LogP contribution in [0.4, 0.5) is 16.2 Å². The molecule has 0 saturated heterocycles. The van der Waals surface area contributed by atoms with Crippen LogP contribution in [0.5, 0.6) is 0 Å². The second-order valence-electron chi connectivity index (χ2n) is 7.19. The normalized spacial score (nSPS) is 10.8. The summed E-state index contributed by atoms with van der Waals surface area (Å²) in [5, 5.41) is 3.77. The summed E-state index contributed by atoms with van der Waals surface area (Å²) in [7, 11) is 3.80. The smallest absolute Gasteiger partial charge is 0.411 e. The van der Waals surface area contributed by atoms with Crippen molar-refractivity contribution in [3.63, 3.8) is 0 Å². The number of hydrogen-bond acceptors (Lipinski definition) is 7. The van der Waals surface area contributed by atoms with Crippen LogP contribution in [0.2, 0.25) is 0 Å². The van der Waals surface area contributed by atoms with E-state index in [1.54, 1.807) is 53.4 Å². The average molecular weight is 471 g/mol. The molecule has 0 radical (unpaired) electrons. The van der Waals surface area contributed by atoms with Crippen LogP contribution in [0.25, 0.3) is 10.4 Å². The van der Waals surface area contributed by atoms with Crippen molar-refractivity contribution < 1.29 is 14.3 Å².